The molecule has 0 bridgehead atoms. The van der Waals surface area contributed by atoms with Gasteiger partial charge >= 0.3 is 5.97 Å². The fourth-order valence-corrected chi connectivity index (χ4v) is 1.48. The standard InChI is InChI=1S/C13H18O3/c1-2-16-13(15)8-7-11-3-5-12(6-4-11)9-10-14/h3-6,14H,2,7-10H2,1H3. The Morgan fingerprint density at radius 1 is 1.19 bits per heavy atom. The van der Waals surface area contributed by atoms with Gasteiger partial charge in [0.15, 0.2) is 0 Å². The van der Waals surface area contributed by atoms with Gasteiger partial charge in [-0.1, -0.05) is 24.3 Å². The first-order chi connectivity index (χ1) is 7.76. The number of esters is 1. The van der Waals surface area contributed by atoms with E-state index in [9.17, 15) is 4.79 Å². The molecular weight excluding hydrogens is 204 g/mol. The lowest BCUT2D eigenvalue weighted by atomic mass is 10.1. The summed E-state index contributed by atoms with van der Waals surface area (Å²) >= 11 is 0. The Labute approximate surface area is 96.1 Å². The van der Waals surface area contributed by atoms with Gasteiger partial charge in [0, 0.05) is 13.0 Å². The van der Waals surface area contributed by atoms with Crippen molar-refractivity contribution in [3.05, 3.63) is 35.4 Å². The Kier molecular flexibility index (Phi) is 5.57. The highest BCUT2D eigenvalue weighted by atomic mass is 16.5. The molecule has 3 nitrogen and oxygen atoms in total. The second-order valence-electron chi connectivity index (χ2n) is 3.60. The van der Waals surface area contributed by atoms with E-state index in [0.717, 1.165) is 11.1 Å². The zero-order valence-electron chi connectivity index (χ0n) is 9.61. The van der Waals surface area contributed by atoms with Gasteiger partial charge in [-0.25, -0.2) is 0 Å². The normalized spacial score (nSPS) is 10.1. The summed E-state index contributed by atoms with van der Waals surface area (Å²) in [4.78, 5) is 11.1. The van der Waals surface area contributed by atoms with Crippen molar-refractivity contribution >= 4 is 5.97 Å². The van der Waals surface area contributed by atoms with Crippen LogP contribution in [0, 0.1) is 0 Å². The molecule has 0 aliphatic rings. The molecule has 1 rings (SSSR count). The van der Waals surface area contributed by atoms with Gasteiger partial charge < -0.3 is 9.84 Å². The van der Waals surface area contributed by atoms with E-state index in [-0.39, 0.29) is 12.6 Å². The van der Waals surface area contributed by atoms with E-state index >= 15 is 0 Å². The number of aliphatic hydroxyl groups excluding tert-OH is 1. The highest BCUT2D eigenvalue weighted by Gasteiger charge is 2.02. The highest BCUT2D eigenvalue weighted by molar-refractivity contribution is 5.69. The Bertz CT molecular complexity index is 316. The van der Waals surface area contributed by atoms with Crippen LogP contribution in [0.25, 0.3) is 0 Å². The number of hydrogen-bond donors (Lipinski definition) is 1. The summed E-state index contributed by atoms with van der Waals surface area (Å²) in [6, 6.07) is 7.95. The smallest absolute Gasteiger partial charge is 0.306 e. The molecule has 3 heteroatoms. The van der Waals surface area contributed by atoms with E-state index in [0.29, 0.717) is 25.9 Å². The summed E-state index contributed by atoms with van der Waals surface area (Å²) in [6.07, 6.45) is 1.81. The van der Waals surface area contributed by atoms with Crippen molar-refractivity contribution < 1.29 is 14.6 Å². The van der Waals surface area contributed by atoms with Gasteiger partial charge in [-0.3, -0.25) is 4.79 Å². The maximum atomic E-state index is 11.1. The Balaban J connectivity index is 2.40. The molecule has 0 radical (unpaired) electrons. The van der Waals surface area contributed by atoms with Crippen LogP contribution in [0.1, 0.15) is 24.5 Å². The van der Waals surface area contributed by atoms with Crippen LogP contribution in [0.15, 0.2) is 24.3 Å². The Morgan fingerprint density at radius 3 is 2.25 bits per heavy atom. The van der Waals surface area contributed by atoms with Crippen LogP contribution in [0.5, 0.6) is 0 Å². The van der Waals surface area contributed by atoms with Crippen LogP contribution in [0.3, 0.4) is 0 Å². The lowest BCUT2D eigenvalue weighted by Gasteiger charge is -2.03. The number of carbonyl (C=O) groups excluding carboxylic acids is 1. The molecule has 1 aromatic rings. The molecule has 0 spiro atoms. The summed E-state index contributed by atoms with van der Waals surface area (Å²) in [7, 11) is 0. The molecule has 0 saturated heterocycles. The molecule has 0 unspecified atom stereocenters. The molecule has 0 heterocycles. The molecule has 0 atom stereocenters. The lowest BCUT2D eigenvalue weighted by molar-refractivity contribution is -0.143. The number of rotatable bonds is 6. The molecule has 0 aromatic heterocycles. The van der Waals surface area contributed by atoms with Crippen molar-refractivity contribution in [1.82, 2.24) is 0 Å². The minimum Gasteiger partial charge on any atom is -0.466 e. The molecule has 1 N–H and O–H groups in total. The van der Waals surface area contributed by atoms with Crippen molar-refractivity contribution in [3.63, 3.8) is 0 Å². The van der Waals surface area contributed by atoms with E-state index in [1.165, 1.54) is 0 Å². The van der Waals surface area contributed by atoms with Gasteiger partial charge in [-0.2, -0.15) is 0 Å². The predicted octanol–water partition coefficient (Wildman–Crippen LogP) is 1.72. The van der Waals surface area contributed by atoms with Crippen LogP contribution >= 0.6 is 0 Å². The number of ether oxygens (including phenoxy) is 1. The number of benzene rings is 1. The SMILES string of the molecule is CCOC(=O)CCc1ccc(CCO)cc1. The van der Waals surface area contributed by atoms with Crippen molar-refractivity contribution in [2.24, 2.45) is 0 Å². The van der Waals surface area contributed by atoms with E-state index in [2.05, 4.69) is 0 Å². The third-order valence-electron chi connectivity index (χ3n) is 2.35. The summed E-state index contributed by atoms with van der Waals surface area (Å²) in [5.74, 6) is -0.151. The molecule has 0 amide bonds. The third-order valence-corrected chi connectivity index (χ3v) is 2.35. The van der Waals surface area contributed by atoms with Gasteiger partial charge in [0.05, 0.1) is 6.61 Å². The maximum Gasteiger partial charge on any atom is 0.306 e. The Hall–Kier alpha value is -1.35. The monoisotopic (exact) mass is 222 g/mol. The maximum absolute atomic E-state index is 11.1. The largest absolute Gasteiger partial charge is 0.466 e. The van der Waals surface area contributed by atoms with Gasteiger partial charge in [0.1, 0.15) is 0 Å². The van der Waals surface area contributed by atoms with E-state index in [1.807, 2.05) is 31.2 Å². The third kappa shape index (κ3) is 4.45. The fraction of sp³-hybridized carbons (Fsp3) is 0.462. The first kappa shape index (κ1) is 12.7. The van der Waals surface area contributed by atoms with E-state index in [1.54, 1.807) is 0 Å². The van der Waals surface area contributed by atoms with Crippen molar-refractivity contribution in [2.75, 3.05) is 13.2 Å². The lowest BCUT2D eigenvalue weighted by Crippen LogP contribution is -2.05. The zero-order chi connectivity index (χ0) is 11.8. The van der Waals surface area contributed by atoms with Crippen LogP contribution in [0.2, 0.25) is 0 Å². The molecule has 0 fully saturated rings. The number of aryl methyl sites for hydroxylation is 1. The summed E-state index contributed by atoms with van der Waals surface area (Å²) in [5, 5.41) is 8.76. The first-order valence-electron chi connectivity index (χ1n) is 5.60. The second kappa shape index (κ2) is 7.01. The van der Waals surface area contributed by atoms with Crippen molar-refractivity contribution in [1.29, 1.82) is 0 Å². The number of aliphatic hydroxyl groups is 1. The summed E-state index contributed by atoms with van der Waals surface area (Å²) < 4.78 is 4.85. The molecule has 0 saturated carbocycles. The van der Waals surface area contributed by atoms with Crippen LogP contribution in [0.4, 0.5) is 0 Å². The number of carbonyl (C=O) groups is 1. The van der Waals surface area contributed by atoms with Crippen molar-refractivity contribution in [2.45, 2.75) is 26.2 Å². The van der Waals surface area contributed by atoms with Gasteiger partial charge in [-0.15, -0.1) is 0 Å². The van der Waals surface area contributed by atoms with Gasteiger partial charge in [0.25, 0.3) is 0 Å². The van der Waals surface area contributed by atoms with Crippen LogP contribution < -0.4 is 0 Å². The average molecular weight is 222 g/mol. The molecule has 88 valence electrons. The van der Waals surface area contributed by atoms with Crippen molar-refractivity contribution in [3.8, 4) is 0 Å². The average Bonchev–Trinajstić information content (AvgIpc) is 2.29. The van der Waals surface area contributed by atoms with Crippen LogP contribution in [-0.4, -0.2) is 24.3 Å². The zero-order valence-corrected chi connectivity index (χ0v) is 9.61. The summed E-state index contributed by atoms with van der Waals surface area (Å²) in [5.41, 5.74) is 2.23. The minimum absolute atomic E-state index is 0.151. The molecule has 1 aromatic carbocycles. The van der Waals surface area contributed by atoms with E-state index in [4.69, 9.17) is 9.84 Å². The van der Waals surface area contributed by atoms with Gasteiger partial charge in [0.2, 0.25) is 0 Å². The topological polar surface area (TPSA) is 46.5 Å². The van der Waals surface area contributed by atoms with E-state index < -0.39 is 0 Å². The molecule has 0 aliphatic carbocycles. The molecule has 16 heavy (non-hydrogen) atoms. The predicted molar refractivity (Wildman–Crippen MR) is 62.2 cm³/mol. The molecular formula is C13H18O3. The second-order valence-corrected chi connectivity index (χ2v) is 3.60. The summed E-state index contributed by atoms with van der Waals surface area (Å²) in [6.45, 7) is 2.41. The minimum atomic E-state index is -0.151. The Morgan fingerprint density at radius 2 is 1.75 bits per heavy atom. The highest BCUT2D eigenvalue weighted by Crippen LogP contribution is 2.07. The van der Waals surface area contributed by atoms with Gasteiger partial charge in [-0.05, 0) is 30.9 Å². The number of hydrogen-bond acceptors (Lipinski definition) is 3. The van der Waals surface area contributed by atoms with Crippen LogP contribution in [-0.2, 0) is 22.4 Å². The fourth-order valence-electron chi connectivity index (χ4n) is 1.48. The quantitative estimate of drug-likeness (QED) is 0.745. The first-order valence-corrected chi connectivity index (χ1v) is 5.60. The molecule has 0 aliphatic heterocycles.